The molecule has 2 aromatic heterocycles. The average Bonchev–Trinajstić information content (AvgIpc) is 2.61. The zero-order valence-electron chi connectivity index (χ0n) is 8.82. The lowest BCUT2D eigenvalue weighted by atomic mass is 10.2. The van der Waals surface area contributed by atoms with E-state index in [0.29, 0.717) is 6.07 Å². The molecule has 0 atom stereocenters. The van der Waals surface area contributed by atoms with Gasteiger partial charge in [0.25, 0.3) is 0 Å². The molecule has 0 aromatic carbocycles. The van der Waals surface area contributed by atoms with Crippen molar-refractivity contribution in [3.8, 4) is 11.4 Å². The standard InChI is InChI=1S/C11H8F2N2O2/c1-15-5-6(11(16)17)2-9(15)10-8(13)3-7(12)4-14-10/h2-5H,1H3,(H,16,17). The number of aryl methyl sites for hydroxylation is 1. The maximum atomic E-state index is 13.5. The van der Waals surface area contributed by atoms with Gasteiger partial charge < -0.3 is 9.67 Å². The summed E-state index contributed by atoms with van der Waals surface area (Å²) in [4.78, 5) is 14.4. The summed E-state index contributed by atoms with van der Waals surface area (Å²) in [6, 6.07) is 1.99. The molecule has 0 saturated heterocycles. The number of carboxylic acids is 1. The number of aromatic carboxylic acids is 1. The van der Waals surface area contributed by atoms with Crippen LogP contribution in [0.15, 0.2) is 24.5 Å². The van der Waals surface area contributed by atoms with Crippen LogP contribution in [0.25, 0.3) is 11.4 Å². The lowest BCUT2D eigenvalue weighted by Gasteiger charge is -2.03. The Balaban J connectivity index is 2.56. The third-order valence-electron chi connectivity index (χ3n) is 2.30. The van der Waals surface area contributed by atoms with Crippen LogP contribution in [0, 0.1) is 11.6 Å². The highest BCUT2D eigenvalue weighted by Crippen LogP contribution is 2.22. The van der Waals surface area contributed by atoms with Crippen LogP contribution in [0.5, 0.6) is 0 Å². The van der Waals surface area contributed by atoms with E-state index in [-0.39, 0.29) is 17.0 Å². The van der Waals surface area contributed by atoms with Crippen molar-refractivity contribution < 1.29 is 18.7 Å². The molecule has 2 heterocycles. The Hall–Kier alpha value is -2.24. The maximum absolute atomic E-state index is 13.5. The van der Waals surface area contributed by atoms with Gasteiger partial charge in [0, 0.05) is 19.3 Å². The quantitative estimate of drug-likeness (QED) is 0.871. The van der Waals surface area contributed by atoms with Crippen molar-refractivity contribution in [1.29, 1.82) is 0 Å². The molecule has 0 saturated carbocycles. The molecule has 4 nitrogen and oxygen atoms in total. The number of carbonyl (C=O) groups is 1. The molecule has 2 rings (SSSR count). The van der Waals surface area contributed by atoms with E-state index < -0.39 is 17.6 Å². The number of hydrogen-bond donors (Lipinski definition) is 1. The third-order valence-corrected chi connectivity index (χ3v) is 2.30. The fourth-order valence-electron chi connectivity index (χ4n) is 1.52. The normalized spacial score (nSPS) is 10.5. The number of rotatable bonds is 2. The molecule has 0 aliphatic rings. The first-order valence-corrected chi connectivity index (χ1v) is 4.70. The summed E-state index contributed by atoms with van der Waals surface area (Å²) in [5.41, 5.74) is 0.217. The van der Waals surface area contributed by atoms with E-state index in [1.54, 1.807) is 7.05 Å². The van der Waals surface area contributed by atoms with Crippen molar-refractivity contribution in [2.24, 2.45) is 7.05 Å². The Bertz CT molecular complexity index is 593. The minimum absolute atomic E-state index is 0.0213. The van der Waals surface area contributed by atoms with Crippen LogP contribution in [-0.2, 0) is 7.05 Å². The Kier molecular flexibility index (Phi) is 2.63. The predicted molar refractivity (Wildman–Crippen MR) is 55.5 cm³/mol. The molecule has 2 aromatic rings. The molecule has 17 heavy (non-hydrogen) atoms. The summed E-state index contributed by atoms with van der Waals surface area (Å²) >= 11 is 0. The number of nitrogens with zero attached hydrogens (tertiary/aromatic N) is 2. The summed E-state index contributed by atoms with van der Waals surface area (Å²) < 4.78 is 27.6. The fraction of sp³-hybridized carbons (Fsp3) is 0.0909. The first kappa shape index (κ1) is 11.3. The van der Waals surface area contributed by atoms with Crippen molar-refractivity contribution >= 4 is 5.97 Å². The van der Waals surface area contributed by atoms with Crippen molar-refractivity contribution in [3.05, 3.63) is 41.7 Å². The van der Waals surface area contributed by atoms with Gasteiger partial charge in [0.05, 0.1) is 17.5 Å². The summed E-state index contributed by atoms with van der Waals surface area (Å²) in [6.07, 6.45) is 2.22. The predicted octanol–water partition coefficient (Wildman–Crippen LogP) is 2.06. The lowest BCUT2D eigenvalue weighted by molar-refractivity contribution is 0.0697. The van der Waals surface area contributed by atoms with E-state index in [1.165, 1.54) is 16.8 Å². The molecule has 0 fully saturated rings. The molecule has 0 aliphatic heterocycles. The smallest absolute Gasteiger partial charge is 0.337 e. The topological polar surface area (TPSA) is 55.1 Å². The molecular weight excluding hydrogens is 230 g/mol. The number of aromatic nitrogens is 2. The lowest BCUT2D eigenvalue weighted by Crippen LogP contribution is -1.96. The molecule has 0 amide bonds. The molecule has 0 bridgehead atoms. The highest BCUT2D eigenvalue weighted by molar-refractivity contribution is 5.89. The van der Waals surface area contributed by atoms with Crippen LogP contribution >= 0.6 is 0 Å². The van der Waals surface area contributed by atoms with E-state index in [0.717, 1.165) is 6.20 Å². The molecule has 0 aliphatic carbocycles. The van der Waals surface area contributed by atoms with E-state index in [1.807, 2.05) is 0 Å². The van der Waals surface area contributed by atoms with Crippen LogP contribution < -0.4 is 0 Å². The van der Waals surface area contributed by atoms with Gasteiger partial charge in [-0.25, -0.2) is 18.6 Å². The summed E-state index contributed by atoms with van der Waals surface area (Å²) in [5.74, 6) is -2.73. The molecule has 0 radical (unpaired) electrons. The van der Waals surface area contributed by atoms with E-state index in [4.69, 9.17) is 5.11 Å². The zero-order valence-corrected chi connectivity index (χ0v) is 8.82. The van der Waals surface area contributed by atoms with Gasteiger partial charge >= 0.3 is 5.97 Å². The zero-order chi connectivity index (χ0) is 12.6. The number of hydrogen-bond acceptors (Lipinski definition) is 2. The largest absolute Gasteiger partial charge is 0.478 e. The van der Waals surface area contributed by atoms with Gasteiger partial charge in [0.2, 0.25) is 0 Å². The van der Waals surface area contributed by atoms with Crippen molar-refractivity contribution in [2.45, 2.75) is 0 Å². The minimum Gasteiger partial charge on any atom is -0.478 e. The molecule has 6 heteroatoms. The second kappa shape index (κ2) is 3.97. The first-order chi connectivity index (χ1) is 7.99. The SMILES string of the molecule is Cn1cc(C(=O)O)cc1-c1ncc(F)cc1F. The van der Waals surface area contributed by atoms with Crippen LogP contribution in [0.2, 0.25) is 0 Å². The minimum atomic E-state index is -1.12. The maximum Gasteiger partial charge on any atom is 0.337 e. The fourth-order valence-corrected chi connectivity index (χ4v) is 1.52. The molecule has 0 spiro atoms. The van der Waals surface area contributed by atoms with Gasteiger partial charge in [-0.1, -0.05) is 0 Å². The van der Waals surface area contributed by atoms with Crippen LogP contribution in [-0.4, -0.2) is 20.6 Å². The molecule has 88 valence electrons. The first-order valence-electron chi connectivity index (χ1n) is 4.70. The summed E-state index contributed by atoms with van der Waals surface area (Å²) in [5, 5.41) is 8.80. The Morgan fingerprint density at radius 3 is 2.65 bits per heavy atom. The van der Waals surface area contributed by atoms with Crippen LogP contribution in [0.1, 0.15) is 10.4 Å². The van der Waals surface area contributed by atoms with Crippen molar-refractivity contribution in [1.82, 2.24) is 9.55 Å². The van der Waals surface area contributed by atoms with Crippen LogP contribution in [0.4, 0.5) is 8.78 Å². The highest BCUT2D eigenvalue weighted by atomic mass is 19.1. The van der Waals surface area contributed by atoms with Gasteiger partial charge in [-0.05, 0) is 6.07 Å². The van der Waals surface area contributed by atoms with Gasteiger partial charge in [0.1, 0.15) is 11.5 Å². The Labute approximate surface area is 95.1 Å². The average molecular weight is 238 g/mol. The monoisotopic (exact) mass is 238 g/mol. The van der Waals surface area contributed by atoms with Crippen LogP contribution in [0.3, 0.4) is 0 Å². The number of carboxylic acid groups (broad SMARTS) is 1. The third kappa shape index (κ3) is 2.01. The molecule has 1 N–H and O–H groups in total. The molecule has 0 unspecified atom stereocenters. The number of halogens is 2. The van der Waals surface area contributed by atoms with Gasteiger partial charge in [-0.15, -0.1) is 0 Å². The Morgan fingerprint density at radius 2 is 2.12 bits per heavy atom. The van der Waals surface area contributed by atoms with E-state index >= 15 is 0 Å². The van der Waals surface area contributed by atoms with Crippen molar-refractivity contribution in [2.75, 3.05) is 0 Å². The summed E-state index contributed by atoms with van der Waals surface area (Å²) in [6.45, 7) is 0. The van der Waals surface area contributed by atoms with Gasteiger partial charge in [-0.3, -0.25) is 0 Å². The van der Waals surface area contributed by atoms with E-state index in [9.17, 15) is 13.6 Å². The van der Waals surface area contributed by atoms with Crippen molar-refractivity contribution in [3.63, 3.8) is 0 Å². The Morgan fingerprint density at radius 1 is 1.41 bits per heavy atom. The molecular formula is C11H8F2N2O2. The highest BCUT2D eigenvalue weighted by Gasteiger charge is 2.15. The van der Waals surface area contributed by atoms with Gasteiger partial charge in [-0.2, -0.15) is 0 Å². The number of pyridine rings is 1. The van der Waals surface area contributed by atoms with Gasteiger partial charge in [0.15, 0.2) is 5.82 Å². The summed E-state index contributed by atoms with van der Waals surface area (Å²) in [7, 11) is 1.56. The van der Waals surface area contributed by atoms with E-state index in [2.05, 4.69) is 4.98 Å². The second-order valence-corrected chi connectivity index (χ2v) is 3.51. The second-order valence-electron chi connectivity index (χ2n) is 3.51.